The van der Waals surface area contributed by atoms with Crippen LogP contribution in [0.3, 0.4) is 0 Å². The smallest absolute Gasteiger partial charge is 0.320 e. The number of rotatable bonds is 0. The van der Waals surface area contributed by atoms with E-state index in [1.807, 2.05) is 9.80 Å². The van der Waals surface area contributed by atoms with Crippen LogP contribution in [0.1, 0.15) is 33.6 Å². The Kier molecular flexibility index (Phi) is 1.79. The van der Waals surface area contributed by atoms with Gasteiger partial charge in [-0.2, -0.15) is 0 Å². The van der Waals surface area contributed by atoms with E-state index in [2.05, 4.69) is 20.8 Å². The Balaban J connectivity index is 2.15. The topological polar surface area (TPSA) is 23.6 Å². The second-order valence-electron chi connectivity index (χ2n) is 5.05. The summed E-state index contributed by atoms with van der Waals surface area (Å²) in [6, 6.07) is 0.752. The monoisotopic (exact) mass is 182 g/mol. The van der Waals surface area contributed by atoms with Crippen LogP contribution >= 0.6 is 0 Å². The molecule has 0 saturated carbocycles. The SMILES string of the molecule is CC(C)(C)N1C[C@@H]2CCCN2C1=O. The third-order valence-electron chi connectivity index (χ3n) is 3.06. The molecule has 2 rings (SSSR count). The highest BCUT2D eigenvalue weighted by Crippen LogP contribution is 2.30. The summed E-state index contributed by atoms with van der Waals surface area (Å²) in [5.74, 6) is 0. The number of hydrogen-bond acceptors (Lipinski definition) is 1. The van der Waals surface area contributed by atoms with Gasteiger partial charge >= 0.3 is 6.03 Å². The molecule has 13 heavy (non-hydrogen) atoms. The number of fused-ring (bicyclic) bond motifs is 1. The highest BCUT2D eigenvalue weighted by atomic mass is 16.2. The second kappa shape index (κ2) is 2.63. The Morgan fingerprint density at radius 3 is 2.62 bits per heavy atom. The van der Waals surface area contributed by atoms with E-state index in [1.54, 1.807) is 0 Å². The Morgan fingerprint density at radius 1 is 1.38 bits per heavy atom. The molecule has 0 aromatic rings. The maximum absolute atomic E-state index is 11.9. The summed E-state index contributed by atoms with van der Waals surface area (Å²) in [6.07, 6.45) is 2.38. The zero-order chi connectivity index (χ0) is 9.64. The number of carbonyl (C=O) groups excluding carboxylic acids is 1. The molecule has 2 aliphatic rings. The minimum atomic E-state index is -0.0125. The molecule has 0 aliphatic carbocycles. The quantitative estimate of drug-likeness (QED) is 0.559. The number of carbonyl (C=O) groups is 1. The van der Waals surface area contributed by atoms with Gasteiger partial charge in [-0.3, -0.25) is 0 Å². The van der Waals surface area contributed by atoms with Gasteiger partial charge < -0.3 is 9.80 Å². The predicted octanol–water partition coefficient (Wildman–Crippen LogP) is 1.68. The van der Waals surface area contributed by atoms with E-state index in [1.165, 1.54) is 12.8 Å². The van der Waals surface area contributed by atoms with E-state index in [0.717, 1.165) is 13.1 Å². The summed E-state index contributed by atoms with van der Waals surface area (Å²) in [6.45, 7) is 8.21. The molecule has 1 atom stereocenters. The molecule has 0 aromatic carbocycles. The van der Waals surface area contributed by atoms with Crippen LogP contribution in [0.4, 0.5) is 4.79 Å². The molecule has 2 amide bonds. The molecule has 0 radical (unpaired) electrons. The van der Waals surface area contributed by atoms with Crippen LogP contribution < -0.4 is 0 Å². The summed E-state index contributed by atoms with van der Waals surface area (Å²) in [7, 11) is 0. The van der Waals surface area contributed by atoms with Crippen molar-refractivity contribution in [2.24, 2.45) is 0 Å². The van der Waals surface area contributed by atoms with Gasteiger partial charge in [-0.15, -0.1) is 0 Å². The van der Waals surface area contributed by atoms with Crippen LogP contribution in [0.5, 0.6) is 0 Å². The van der Waals surface area contributed by atoms with Crippen LogP contribution in [0.25, 0.3) is 0 Å². The van der Waals surface area contributed by atoms with Gasteiger partial charge in [0.2, 0.25) is 0 Å². The summed E-state index contributed by atoms with van der Waals surface area (Å²) in [4.78, 5) is 15.9. The van der Waals surface area contributed by atoms with Gasteiger partial charge in [0.1, 0.15) is 0 Å². The molecule has 74 valence electrons. The first-order chi connectivity index (χ1) is 6.00. The normalized spacial score (nSPS) is 28.5. The van der Waals surface area contributed by atoms with Gasteiger partial charge in [0.15, 0.2) is 0 Å². The molecule has 2 heterocycles. The van der Waals surface area contributed by atoms with Crippen molar-refractivity contribution in [3.8, 4) is 0 Å². The number of nitrogens with zero attached hydrogens (tertiary/aromatic N) is 2. The van der Waals surface area contributed by atoms with Crippen molar-refractivity contribution in [1.82, 2.24) is 9.80 Å². The van der Waals surface area contributed by atoms with Crippen LogP contribution in [0.2, 0.25) is 0 Å². The predicted molar refractivity (Wildman–Crippen MR) is 51.6 cm³/mol. The van der Waals surface area contributed by atoms with Crippen molar-refractivity contribution in [1.29, 1.82) is 0 Å². The molecule has 0 bridgehead atoms. The zero-order valence-electron chi connectivity index (χ0n) is 8.71. The number of amides is 2. The first-order valence-corrected chi connectivity index (χ1v) is 5.08. The third kappa shape index (κ3) is 1.30. The van der Waals surface area contributed by atoms with Gasteiger partial charge in [-0.1, -0.05) is 0 Å². The fourth-order valence-corrected chi connectivity index (χ4v) is 2.28. The van der Waals surface area contributed by atoms with E-state index in [4.69, 9.17) is 0 Å². The summed E-state index contributed by atoms with van der Waals surface area (Å²) < 4.78 is 0. The van der Waals surface area contributed by atoms with Gasteiger partial charge in [0.25, 0.3) is 0 Å². The minimum Gasteiger partial charge on any atom is -0.320 e. The summed E-state index contributed by atoms with van der Waals surface area (Å²) >= 11 is 0. The molecular weight excluding hydrogens is 164 g/mol. The first-order valence-electron chi connectivity index (χ1n) is 5.08. The highest BCUT2D eigenvalue weighted by Gasteiger charge is 2.43. The van der Waals surface area contributed by atoms with Crippen LogP contribution in [-0.4, -0.2) is 40.5 Å². The van der Waals surface area contributed by atoms with Crippen LogP contribution in [0.15, 0.2) is 0 Å². The van der Waals surface area contributed by atoms with E-state index >= 15 is 0 Å². The zero-order valence-corrected chi connectivity index (χ0v) is 8.71. The minimum absolute atomic E-state index is 0.0125. The highest BCUT2D eigenvalue weighted by molar-refractivity contribution is 5.78. The van der Waals surface area contributed by atoms with Gasteiger partial charge in [0.05, 0.1) is 6.04 Å². The lowest BCUT2D eigenvalue weighted by molar-refractivity contribution is 0.156. The Hall–Kier alpha value is -0.730. The van der Waals surface area contributed by atoms with Gasteiger partial charge in [-0.25, -0.2) is 4.79 Å². The lowest BCUT2D eigenvalue weighted by Gasteiger charge is -2.31. The van der Waals surface area contributed by atoms with Gasteiger partial charge in [0, 0.05) is 18.6 Å². The lowest BCUT2D eigenvalue weighted by atomic mass is 10.1. The standard InChI is InChI=1S/C10H18N2O/c1-10(2,3)12-7-8-5-4-6-11(8)9(12)13/h8H,4-7H2,1-3H3/t8-/m0/s1. The van der Waals surface area contributed by atoms with Gasteiger partial charge in [-0.05, 0) is 33.6 Å². The lowest BCUT2D eigenvalue weighted by Crippen LogP contribution is -2.44. The average Bonchev–Trinajstić information content (AvgIpc) is 2.51. The van der Waals surface area contributed by atoms with Crippen molar-refractivity contribution in [2.75, 3.05) is 13.1 Å². The Morgan fingerprint density at radius 2 is 2.08 bits per heavy atom. The molecule has 3 nitrogen and oxygen atoms in total. The third-order valence-corrected chi connectivity index (χ3v) is 3.06. The molecule has 0 spiro atoms. The largest absolute Gasteiger partial charge is 0.320 e. The average molecular weight is 182 g/mol. The maximum atomic E-state index is 11.9. The fourth-order valence-electron chi connectivity index (χ4n) is 2.28. The van der Waals surface area contributed by atoms with Crippen molar-refractivity contribution in [3.05, 3.63) is 0 Å². The molecule has 2 aliphatic heterocycles. The van der Waals surface area contributed by atoms with Crippen molar-refractivity contribution in [3.63, 3.8) is 0 Å². The molecule has 0 unspecified atom stereocenters. The van der Waals surface area contributed by atoms with E-state index in [9.17, 15) is 4.79 Å². The van der Waals surface area contributed by atoms with Crippen LogP contribution in [-0.2, 0) is 0 Å². The molecule has 2 fully saturated rings. The first kappa shape index (κ1) is 8.85. The fraction of sp³-hybridized carbons (Fsp3) is 0.900. The Bertz CT molecular complexity index is 232. The molecule has 0 N–H and O–H groups in total. The van der Waals surface area contributed by atoms with E-state index < -0.39 is 0 Å². The molecule has 2 saturated heterocycles. The van der Waals surface area contributed by atoms with Crippen molar-refractivity contribution < 1.29 is 4.79 Å². The van der Waals surface area contributed by atoms with Crippen molar-refractivity contribution >= 4 is 6.03 Å². The van der Waals surface area contributed by atoms with E-state index in [-0.39, 0.29) is 11.6 Å². The summed E-state index contributed by atoms with van der Waals surface area (Å²) in [5.41, 5.74) is -0.0125. The second-order valence-corrected chi connectivity index (χ2v) is 5.05. The van der Waals surface area contributed by atoms with Crippen LogP contribution in [0, 0.1) is 0 Å². The molecular formula is C10H18N2O. The maximum Gasteiger partial charge on any atom is 0.320 e. The molecule has 0 aromatic heterocycles. The van der Waals surface area contributed by atoms with E-state index in [0.29, 0.717) is 6.04 Å². The number of urea groups is 1. The molecule has 3 heteroatoms. The van der Waals surface area contributed by atoms with Crippen molar-refractivity contribution in [2.45, 2.75) is 45.2 Å². The Labute approximate surface area is 79.7 Å². The number of hydrogen-bond donors (Lipinski definition) is 0. The summed E-state index contributed by atoms with van der Waals surface area (Å²) in [5, 5.41) is 0.